The average molecular weight is 642 g/mol. The highest BCUT2D eigenvalue weighted by Crippen LogP contribution is 2.34. The second-order valence-electron chi connectivity index (χ2n) is 4.90. The third-order valence-corrected chi connectivity index (χ3v) is 10.4. The zero-order valence-electron chi connectivity index (χ0n) is 9.97. The quantitative estimate of drug-likeness (QED) is 0.252. The van der Waals surface area contributed by atoms with Crippen molar-refractivity contribution >= 4 is 95.6 Å². The zero-order chi connectivity index (χ0) is 13.7. The Morgan fingerprint density at radius 2 is 1.06 bits per heavy atom. The number of alkyl halides is 6. The van der Waals surface area contributed by atoms with Crippen molar-refractivity contribution in [2.45, 2.75) is 67.5 Å². The van der Waals surface area contributed by atoms with Crippen LogP contribution >= 0.6 is 95.6 Å². The Morgan fingerprint density at radius 3 is 1.72 bits per heavy atom. The number of rotatable bonds is 0. The van der Waals surface area contributed by atoms with Gasteiger partial charge in [0.15, 0.2) is 0 Å². The van der Waals surface area contributed by atoms with Gasteiger partial charge in [-0.2, -0.15) is 0 Å². The minimum atomic E-state index is 0.509. The molecule has 6 unspecified atom stereocenters. The van der Waals surface area contributed by atoms with Gasteiger partial charge in [-0.05, 0) is 32.1 Å². The normalized spacial score (nSPS) is 45.0. The molecule has 1 aliphatic carbocycles. The maximum absolute atomic E-state index is 3.82. The Morgan fingerprint density at radius 1 is 0.500 bits per heavy atom. The Balaban J connectivity index is 2.62. The molecule has 0 spiro atoms. The second-order valence-corrected chi connectivity index (χ2v) is 12.2. The molecule has 0 radical (unpaired) electrons. The van der Waals surface area contributed by atoms with Crippen molar-refractivity contribution in [2.75, 3.05) is 0 Å². The molecule has 1 rings (SSSR count). The molecular weight excluding hydrogens is 624 g/mol. The van der Waals surface area contributed by atoms with Crippen LogP contribution in [-0.2, 0) is 0 Å². The van der Waals surface area contributed by atoms with Gasteiger partial charge < -0.3 is 0 Å². The van der Waals surface area contributed by atoms with Crippen LogP contribution in [0.25, 0.3) is 0 Å². The SMILES string of the molecule is BrC1CCCC(Br)C(Br)CC(Br)C(Br)CC(Br)C1. The summed E-state index contributed by atoms with van der Waals surface area (Å²) in [5.74, 6) is 0. The molecule has 0 amide bonds. The first-order chi connectivity index (χ1) is 8.40. The van der Waals surface area contributed by atoms with E-state index >= 15 is 0 Å². The first kappa shape index (κ1) is 18.9. The summed E-state index contributed by atoms with van der Waals surface area (Å²) in [4.78, 5) is 3.33. The zero-order valence-corrected chi connectivity index (χ0v) is 19.5. The molecule has 1 aliphatic rings. The molecule has 18 heavy (non-hydrogen) atoms. The highest BCUT2D eigenvalue weighted by Gasteiger charge is 2.26. The Hall–Kier alpha value is 2.88. The van der Waals surface area contributed by atoms with E-state index in [4.69, 9.17) is 0 Å². The topological polar surface area (TPSA) is 0 Å². The molecule has 0 saturated heterocycles. The summed E-state index contributed by atoms with van der Waals surface area (Å²) in [7, 11) is 0. The third kappa shape index (κ3) is 7.24. The Labute approximate surface area is 161 Å². The lowest BCUT2D eigenvalue weighted by molar-refractivity contribution is 0.556. The summed E-state index contributed by atoms with van der Waals surface area (Å²) in [6.07, 6.45) is 7.27. The van der Waals surface area contributed by atoms with Crippen LogP contribution < -0.4 is 0 Å². The standard InChI is InChI=1S/C12H18Br6/c13-7-2-1-3-9(15)11(17)6-12(18)10(16)5-8(14)4-7/h7-12H,1-6H2. The molecule has 108 valence electrons. The van der Waals surface area contributed by atoms with E-state index in [1.54, 1.807) is 0 Å². The summed E-state index contributed by atoms with van der Waals surface area (Å²) in [6, 6.07) is 0. The van der Waals surface area contributed by atoms with Gasteiger partial charge in [0.05, 0.1) is 0 Å². The van der Waals surface area contributed by atoms with E-state index in [0.29, 0.717) is 29.0 Å². The van der Waals surface area contributed by atoms with Gasteiger partial charge in [0.25, 0.3) is 0 Å². The smallest absolute Gasteiger partial charge is 0.0282 e. The van der Waals surface area contributed by atoms with Crippen molar-refractivity contribution in [1.82, 2.24) is 0 Å². The van der Waals surface area contributed by atoms with Crippen molar-refractivity contribution in [2.24, 2.45) is 0 Å². The fourth-order valence-electron chi connectivity index (χ4n) is 2.11. The number of halogens is 6. The van der Waals surface area contributed by atoms with Crippen LogP contribution in [0.15, 0.2) is 0 Å². The van der Waals surface area contributed by atoms with Crippen LogP contribution in [0.4, 0.5) is 0 Å². The maximum atomic E-state index is 3.82. The van der Waals surface area contributed by atoms with Crippen LogP contribution in [0.5, 0.6) is 0 Å². The number of hydrogen-bond acceptors (Lipinski definition) is 0. The average Bonchev–Trinajstić information content (AvgIpc) is 2.26. The minimum Gasteiger partial charge on any atom is -0.0890 e. The highest BCUT2D eigenvalue weighted by molar-refractivity contribution is 9.13. The van der Waals surface area contributed by atoms with E-state index in [9.17, 15) is 0 Å². The Bertz CT molecular complexity index is 237. The van der Waals surface area contributed by atoms with Crippen LogP contribution in [-0.4, -0.2) is 29.0 Å². The van der Waals surface area contributed by atoms with Crippen molar-refractivity contribution in [1.29, 1.82) is 0 Å². The third-order valence-electron chi connectivity index (χ3n) is 3.22. The lowest BCUT2D eigenvalue weighted by atomic mass is 10.0. The van der Waals surface area contributed by atoms with Crippen molar-refractivity contribution in [3.05, 3.63) is 0 Å². The molecule has 0 nitrogen and oxygen atoms in total. The predicted octanol–water partition coefficient (Wildman–Crippen LogP) is 6.92. The Kier molecular flexibility index (Phi) is 10.3. The number of hydrogen-bond donors (Lipinski definition) is 0. The summed E-state index contributed by atoms with van der Waals surface area (Å²) >= 11 is 22.9. The summed E-state index contributed by atoms with van der Waals surface area (Å²) in [6.45, 7) is 0. The summed E-state index contributed by atoms with van der Waals surface area (Å²) in [5, 5.41) is 0. The van der Waals surface area contributed by atoms with Gasteiger partial charge in [-0.15, -0.1) is 0 Å². The molecule has 6 atom stereocenters. The lowest BCUT2D eigenvalue weighted by Gasteiger charge is -2.26. The van der Waals surface area contributed by atoms with Gasteiger partial charge in [-0.25, -0.2) is 0 Å². The summed E-state index contributed by atoms with van der Waals surface area (Å²) in [5.41, 5.74) is 0. The second kappa shape index (κ2) is 9.81. The molecule has 0 N–H and O–H groups in total. The van der Waals surface area contributed by atoms with Gasteiger partial charge >= 0.3 is 0 Å². The molecule has 1 saturated carbocycles. The molecule has 0 aromatic rings. The molecular formula is C12H18Br6. The van der Waals surface area contributed by atoms with Crippen molar-refractivity contribution in [3.63, 3.8) is 0 Å². The first-order valence-electron chi connectivity index (χ1n) is 6.24. The predicted molar refractivity (Wildman–Crippen MR) is 104 cm³/mol. The maximum Gasteiger partial charge on any atom is 0.0282 e. The largest absolute Gasteiger partial charge is 0.0890 e. The molecule has 0 aromatic heterocycles. The van der Waals surface area contributed by atoms with E-state index < -0.39 is 0 Å². The van der Waals surface area contributed by atoms with Crippen LogP contribution in [0.1, 0.15) is 38.5 Å². The van der Waals surface area contributed by atoms with Crippen LogP contribution in [0.3, 0.4) is 0 Å². The molecule has 1 fully saturated rings. The van der Waals surface area contributed by atoms with Gasteiger partial charge in [0.2, 0.25) is 0 Å². The molecule has 6 heteroatoms. The van der Waals surface area contributed by atoms with E-state index in [-0.39, 0.29) is 0 Å². The molecule has 0 bridgehead atoms. The van der Waals surface area contributed by atoms with Crippen molar-refractivity contribution in [3.8, 4) is 0 Å². The molecule has 0 heterocycles. The van der Waals surface area contributed by atoms with E-state index in [0.717, 1.165) is 12.8 Å². The van der Waals surface area contributed by atoms with Gasteiger partial charge in [0, 0.05) is 29.0 Å². The van der Waals surface area contributed by atoms with Gasteiger partial charge in [-0.1, -0.05) is 102 Å². The van der Waals surface area contributed by atoms with E-state index in [1.807, 2.05) is 0 Å². The lowest BCUT2D eigenvalue weighted by Crippen LogP contribution is -2.27. The van der Waals surface area contributed by atoms with E-state index in [1.165, 1.54) is 25.7 Å². The highest BCUT2D eigenvalue weighted by atomic mass is 79.9. The van der Waals surface area contributed by atoms with Gasteiger partial charge in [0.1, 0.15) is 0 Å². The monoisotopic (exact) mass is 636 g/mol. The first-order valence-corrected chi connectivity index (χ1v) is 11.7. The summed E-state index contributed by atoms with van der Waals surface area (Å²) < 4.78 is 0. The fraction of sp³-hybridized carbons (Fsp3) is 1.00. The van der Waals surface area contributed by atoms with Crippen molar-refractivity contribution < 1.29 is 0 Å². The minimum absolute atomic E-state index is 0.509. The van der Waals surface area contributed by atoms with Crippen LogP contribution in [0.2, 0.25) is 0 Å². The molecule has 0 aliphatic heterocycles. The molecule has 0 aromatic carbocycles. The van der Waals surface area contributed by atoms with Crippen LogP contribution in [0, 0.1) is 0 Å². The van der Waals surface area contributed by atoms with Gasteiger partial charge in [-0.3, -0.25) is 0 Å². The fourth-order valence-corrected chi connectivity index (χ4v) is 7.74. The van der Waals surface area contributed by atoms with E-state index in [2.05, 4.69) is 95.6 Å².